The normalized spacial score (nSPS) is 10.8. The molecule has 0 aromatic rings. The van der Waals surface area contributed by atoms with Gasteiger partial charge < -0.3 is 26.6 Å². The van der Waals surface area contributed by atoms with Crippen molar-refractivity contribution in [1.29, 1.82) is 0 Å². The average Bonchev–Trinajstić information content (AvgIpc) is 2.37. The molecule has 7 nitrogen and oxygen atoms in total. The Morgan fingerprint density at radius 1 is 0.923 bits per heavy atom. The summed E-state index contributed by atoms with van der Waals surface area (Å²) < 4.78 is 0. The fourth-order valence-corrected chi connectivity index (χ4v) is 0.916. The summed E-state index contributed by atoms with van der Waals surface area (Å²) in [5, 5.41) is 2.87. The zero-order valence-corrected chi connectivity index (χ0v) is 19.4. The lowest BCUT2D eigenvalue weighted by Crippen LogP contribution is -2.39. The topological polar surface area (TPSA) is 105 Å². The molecule has 0 aromatic carbocycles. The van der Waals surface area contributed by atoms with Crippen LogP contribution in [0.4, 0.5) is 0 Å². The lowest BCUT2D eigenvalue weighted by molar-refractivity contribution is -0.128. The number of hydrogen-bond acceptors (Lipinski definition) is 6. The van der Waals surface area contributed by atoms with Crippen LogP contribution in [0.25, 0.3) is 0 Å². The van der Waals surface area contributed by atoms with E-state index in [2.05, 4.69) is 10.2 Å². The van der Waals surface area contributed by atoms with Crippen molar-refractivity contribution >= 4 is 24.1 Å². The maximum absolute atomic E-state index is 11.3. The van der Waals surface area contributed by atoms with Gasteiger partial charge in [0.25, 0.3) is 0 Å². The van der Waals surface area contributed by atoms with Gasteiger partial charge in [0.05, 0.1) is 5.54 Å². The summed E-state index contributed by atoms with van der Waals surface area (Å²) in [5.74, 6) is 0.136. The molecule has 0 radical (unpaired) electrons. The van der Waals surface area contributed by atoms with Crippen LogP contribution < -0.4 is 16.8 Å². The summed E-state index contributed by atoms with van der Waals surface area (Å²) in [7, 11) is 7.99. The summed E-state index contributed by atoms with van der Waals surface area (Å²) in [5.41, 5.74) is 9.61. The van der Waals surface area contributed by atoms with Crippen LogP contribution in [0.15, 0.2) is 0 Å². The smallest absolute Gasteiger partial charge is 0.225 e. The van der Waals surface area contributed by atoms with Crippen LogP contribution in [-0.4, -0.2) is 81.4 Å². The van der Waals surface area contributed by atoms with Crippen molar-refractivity contribution in [3.05, 3.63) is 0 Å². The first kappa shape index (κ1) is 32.9. The molecule has 0 bridgehead atoms. The van der Waals surface area contributed by atoms with Gasteiger partial charge in [-0.25, -0.2) is 0 Å². The van der Waals surface area contributed by atoms with Crippen LogP contribution >= 0.6 is 12.4 Å². The lowest BCUT2D eigenvalue weighted by atomic mass is 9.96. The zero-order valence-electron chi connectivity index (χ0n) is 18.6. The van der Waals surface area contributed by atoms with E-state index in [4.69, 9.17) is 11.5 Å². The fraction of sp³-hybridized carbons (Fsp3) is 0.889. The number of nitrogens with two attached hydrogens (primary N) is 2. The van der Waals surface area contributed by atoms with Crippen molar-refractivity contribution in [2.45, 2.75) is 47.1 Å². The third kappa shape index (κ3) is 28.1. The Morgan fingerprint density at radius 2 is 1.27 bits per heavy atom. The summed E-state index contributed by atoms with van der Waals surface area (Å²) >= 11 is 0. The Kier molecular flexibility index (Phi) is 20.8. The van der Waals surface area contributed by atoms with Gasteiger partial charge in [0.2, 0.25) is 5.91 Å². The molecular formula is C18H44ClN5O2. The van der Waals surface area contributed by atoms with Gasteiger partial charge in [0.15, 0.2) is 0 Å². The maximum Gasteiger partial charge on any atom is 0.225 e. The van der Waals surface area contributed by atoms with E-state index in [-0.39, 0.29) is 29.5 Å². The first-order valence-electron chi connectivity index (χ1n) is 8.63. The molecule has 0 aliphatic heterocycles. The second kappa shape index (κ2) is 16.4. The van der Waals surface area contributed by atoms with Crippen molar-refractivity contribution in [2.24, 2.45) is 16.9 Å². The maximum atomic E-state index is 11.3. The Morgan fingerprint density at radius 3 is 1.42 bits per heavy atom. The number of amides is 1. The van der Waals surface area contributed by atoms with Gasteiger partial charge in [0, 0.05) is 31.6 Å². The highest BCUT2D eigenvalue weighted by molar-refractivity contribution is 5.85. The van der Waals surface area contributed by atoms with E-state index in [0.717, 1.165) is 26.2 Å². The Hall–Kier alpha value is -0.730. The van der Waals surface area contributed by atoms with E-state index in [0.29, 0.717) is 0 Å². The molecule has 0 unspecified atom stereocenters. The number of hydrogen-bond donors (Lipinski definition) is 3. The molecule has 0 aliphatic carbocycles. The van der Waals surface area contributed by atoms with Gasteiger partial charge in [-0.1, -0.05) is 20.8 Å². The second-order valence-corrected chi connectivity index (χ2v) is 8.18. The zero-order chi connectivity index (χ0) is 20.8. The molecule has 0 rings (SSSR count). The molecule has 8 heteroatoms. The van der Waals surface area contributed by atoms with Gasteiger partial charge in [0.1, 0.15) is 5.78 Å². The standard InChI is InChI=1S/C9H20N2O.C5H11NO.C4H12N2.ClH/c1-9(2,3)8(12)10-6-7-11(4)5;1-4(7)5(2,3)6;1-6(2)4-3-5;/h6-7H2,1-5H3,(H,10,12);6H2,1-3H3;3-5H2,1-2H3;1H. The third-order valence-corrected chi connectivity index (χ3v) is 3.01. The van der Waals surface area contributed by atoms with Crippen LogP contribution in [0.1, 0.15) is 41.5 Å². The Bertz CT molecular complexity index is 362. The van der Waals surface area contributed by atoms with E-state index < -0.39 is 5.54 Å². The number of nitrogens with zero attached hydrogens (tertiary/aromatic N) is 2. The molecule has 0 fully saturated rings. The highest BCUT2D eigenvalue weighted by Crippen LogP contribution is 2.11. The number of carbonyl (C=O) groups is 2. The molecule has 0 atom stereocenters. The second-order valence-electron chi connectivity index (χ2n) is 8.18. The van der Waals surface area contributed by atoms with Gasteiger partial charge in [-0.15, -0.1) is 12.4 Å². The van der Waals surface area contributed by atoms with E-state index >= 15 is 0 Å². The van der Waals surface area contributed by atoms with Gasteiger partial charge >= 0.3 is 0 Å². The van der Waals surface area contributed by atoms with Gasteiger partial charge in [-0.05, 0) is 49.0 Å². The molecule has 0 saturated carbocycles. The number of likely N-dealkylation sites (N-methyl/N-ethyl adjacent to an activating group) is 2. The number of Topliss-reactive ketones (excluding diaryl/α,β-unsaturated/α-hetero) is 1. The number of halogens is 1. The molecule has 0 spiro atoms. The SMILES string of the molecule is CC(=O)C(C)(C)N.CN(C)CCN.CN(C)CCNC(=O)C(C)(C)C.Cl. The van der Waals surface area contributed by atoms with Crippen LogP contribution in [-0.2, 0) is 9.59 Å². The monoisotopic (exact) mass is 397 g/mol. The molecule has 5 N–H and O–H groups in total. The molecule has 160 valence electrons. The van der Waals surface area contributed by atoms with E-state index in [1.807, 2.05) is 53.9 Å². The third-order valence-electron chi connectivity index (χ3n) is 3.01. The van der Waals surface area contributed by atoms with Crippen LogP contribution in [0, 0.1) is 5.41 Å². The summed E-state index contributed by atoms with van der Waals surface area (Å²) in [6, 6.07) is 0. The van der Waals surface area contributed by atoms with Crippen molar-refractivity contribution in [3.63, 3.8) is 0 Å². The predicted octanol–water partition coefficient (Wildman–Crippen LogP) is 0.952. The minimum Gasteiger partial charge on any atom is -0.354 e. The number of rotatable bonds is 6. The minimum absolute atomic E-state index is 0. The number of ketones is 1. The van der Waals surface area contributed by atoms with Crippen LogP contribution in [0.3, 0.4) is 0 Å². The number of nitrogens with one attached hydrogen (secondary N) is 1. The minimum atomic E-state index is -0.639. The highest BCUT2D eigenvalue weighted by atomic mass is 35.5. The van der Waals surface area contributed by atoms with E-state index in [1.54, 1.807) is 13.8 Å². The fourth-order valence-electron chi connectivity index (χ4n) is 0.916. The molecule has 0 aliphatic rings. The van der Waals surface area contributed by atoms with Gasteiger partial charge in [-0.3, -0.25) is 9.59 Å². The van der Waals surface area contributed by atoms with Crippen LogP contribution in [0.2, 0.25) is 0 Å². The van der Waals surface area contributed by atoms with Gasteiger partial charge in [-0.2, -0.15) is 0 Å². The van der Waals surface area contributed by atoms with Crippen LogP contribution in [0.5, 0.6) is 0 Å². The number of carbonyl (C=O) groups excluding carboxylic acids is 2. The van der Waals surface area contributed by atoms with Crippen molar-refractivity contribution in [2.75, 3.05) is 54.4 Å². The lowest BCUT2D eigenvalue weighted by Gasteiger charge is -2.18. The van der Waals surface area contributed by atoms with Crippen molar-refractivity contribution < 1.29 is 9.59 Å². The molecule has 26 heavy (non-hydrogen) atoms. The van der Waals surface area contributed by atoms with E-state index in [1.165, 1.54) is 6.92 Å². The summed E-state index contributed by atoms with van der Waals surface area (Å²) in [4.78, 5) is 25.8. The Balaban J connectivity index is -0.000000149. The first-order valence-corrected chi connectivity index (χ1v) is 8.63. The first-order chi connectivity index (χ1) is 11.1. The predicted molar refractivity (Wildman–Crippen MR) is 115 cm³/mol. The summed E-state index contributed by atoms with van der Waals surface area (Å²) in [6.07, 6.45) is 0. The molecule has 0 saturated heterocycles. The van der Waals surface area contributed by atoms with Crippen molar-refractivity contribution in [1.82, 2.24) is 15.1 Å². The molecule has 0 aromatic heterocycles. The summed E-state index contributed by atoms with van der Waals surface area (Å²) in [6.45, 7) is 14.0. The average molecular weight is 398 g/mol. The molecular weight excluding hydrogens is 354 g/mol. The highest BCUT2D eigenvalue weighted by Gasteiger charge is 2.20. The quantitative estimate of drug-likeness (QED) is 0.616. The molecule has 0 heterocycles. The van der Waals surface area contributed by atoms with Crippen molar-refractivity contribution in [3.8, 4) is 0 Å². The largest absolute Gasteiger partial charge is 0.354 e. The Labute approximate surface area is 167 Å². The van der Waals surface area contributed by atoms with E-state index in [9.17, 15) is 9.59 Å². The molecule has 1 amide bonds.